The first-order chi connectivity index (χ1) is 12.5. The van der Waals surface area contributed by atoms with Crippen molar-refractivity contribution in [1.82, 2.24) is 0 Å². The molecular formula is C21H24O5S. The number of carbonyl (C=O) groups is 2. The molecule has 0 radical (unpaired) electrons. The van der Waals surface area contributed by atoms with Gasteiger partial charge in [-0.3, -0.25) is 4.79 Å². The molecule has 0 bridgehead atoms. The van der Waals surface area contributed by atoms with Gasteiger partial charge in [0, 0.05) is 11.8 Å². The third kappa shape index (κ3) is 5.50. The van der Waals surface area contributed by atoms with E-state index < -0.39 is 21.9 Å². The van der Waals surface area contributed by atoms with E-state index in [1.165, 1.54) is 12.1 Å². The third-order valence-corrected chi connectivity index (χ3v) is 5.24. The van der Waals surface area contributed by atoms with Crippen molar-refractivity contribution < 1.29 is 22.7 Å². The Labute approximate surface area is 160 Å². The lowest BCUT2D eigenvalue weighted by atomic mass is 9.96. The molecule has 0 amide bonds. The number of ketones is 1. The molecular weight excluding hydrogens is 364 g/mol. The second-order valence-corrected chi connectivity index (χ2v) is 9.07. The lowest BCUT2D eigenvalue weighted by Crippen LogP contribution is -2.25. The number of sulfone groups is 1. The molecule has 0 saturated heterocycles. The maximum absolute atomic E-state index is 12.7. The van der Waals surface area contributed by atoms with E-state index in [1.54, 1.807) is 19.1 Å². The number of hydrogen-bond acceptors (Lipinski definition) is 5. The maximum Gasteiger partial charge on any atom is 0.338 e. The zero-order chi connectivity index (χ0) is 20.4. The van der Waals surface area contributed by atoms with Gasteiger partial charge in [-0.25, -0.2) is 13.2 Å². The Bertz CT molecular complexity index is 972. The predicted octanol–water partition coefficient (Wildman–Crippen LogP) is 3.58. The molecule has 1 atom stereocenters. The van der Waals surface area contributed by atoms with E-state index in [4.69, 9.17) is 4.74 Å². The Morgan fingerprint density at radius 3 is 2.07 bits per heavy atom. The molecule has 0 heterocycles. The lowest BCUT2D eigenvalue weighted by molar-refractivity contribution is 0.0318. The fraction of sp³-hybridized carbons (Fsp3) is 0.333. The van der Waals surface area contributed by atoms with Crippen molar-refractivity contribution >= 4 is 21.6 Å². The van der Waals surface area contributed by atoms with E-state index in [0.717, 1.165) is 22.9 Å². The van der Waals surface area contributed by atoms with Gasteiger partial charge in [0.05, 0.1) is 11.3 Å². The highest BCUT2D eigenvalue weighted by atomic mass is 32.2. The molecule has 6 heteroatoms. The maximum atomic E-state index is 12.7. The number of esters is 1. The van der Waals surface area contributed by atoms with E-state index in [1.807, 2.05) is 32.9 Å². The van der Waals surface area contributed by atoms with Crippen molar-refractivity contribution in [2.45, 2.75) is 39.6 Å². The smallest absolute Gasteiger partial charge is 0.338 e. The van der Waals surface area contributed by atoms with Gasteiger partial charge in [-0.05, 0) is 68.1 Å². The minimum Gasteiger partial charge on any atom is -0.451 e. The molecule has 0 aliphatic carbocycles. The van der Waals surface area contributed by atoms with Crippen LogP contribution in [0.4, 0.5) is 0 Å². The highest BCUT2D eigenvalue weighted by molar-refractivity contribution is 7.89. The molecule has 5 nitrogen and oxygen atoms in total. The van der Waals surface area contributed by atoms with Gasteiger partial charge in [0.2, 0.25) is 5.78 Å². The van der Waals surface area contributed by atoms with Gasteiger partial charge in [-0.2, -0.15) is 0 Å². The first kappa shape index (κ1) is 20.8. The molecule has 0 unspecified atom stereocenters. The van der Waals surface area contributed by atoms with Crippen LogP contribution in [0.1, 0.15) is 49.9 Å². The first-order valence-electron chi connectivity index (χ1n) is 8.57. The van der Waals surface area contributed by atoms with E-state index in [2.05, 4.69) is 0 Å². The molecule has 0 aliphatic heterocycles. The summed E-state index contributed by atoms with van der Waals surface area (Å²) in [6.07, 6.45) is 0.228. The van der Waals surface area contributed by atoms with Gasteiger partial charge in [-0.15, -0.1) is 0 Å². The van der Waals surface area contributed by atoms with E-state index in [0.29, 0.717) is 11.1 Å². The van der Waals surface area contributed by atoms with Crippen LogP contribution in [0.5, 0.6) is 0 Å². The molecule has 2 aromatic carbocycles. The van der Waals surface area contributed by atoms with E-state index >= 15 is 0 Å². The minimum absolute atomic E-state index is 0.0940. The van der Waals surface area contributed by atoms with Crippen molar-refractivity contribution in [3.63, 3.8) is 0 Å². The molecule has 0 fully saturated rings. The van der Waals surface area contributed by atoms with E-state index in [-0.39, 0.29) is 17.1 Å². The standard InChI is InChI=1S/C21H24O5S/c1-13-10-15(3)19(11-14(13)2)20(22)16(4)26-21(23)18-8-6-17(7-9-18)12-27(5,24)25/h6-11,16H,12H2,1-5H3/t16-/m0/s1. The summed E-state index contributed by atoms with van der Waals surface area (Å²) in [6, 6.07) is 9.90. The Morgan fingerprint density at radius 1 is 0.963 bits per heavy atom. The third-order valence-electron chi connectivity index (χ3n) is 4.38. The van der Waals surface area contributed by atoms with Crippen LogP contribution in [-0.4, -0.2) is 32.5 Å². The van der Waals surface area contributed by atoms with E-state index in [9.17, 15) is 18.0 Å². The number of rotatable bonds is 6. The minimum atomic E-state index is -3.14. The second-order valence-electron chi connectivity index (χ2n) is 6.93. The van der Waals surface area contributed by atoms with Crippen LogP contribution in [0.25, 0.3) is 0 Å². The van der Waals surface area contributed by atoms with Crippen LogP contribution in [0.15, 0.2) is 36.4 Å². The molecule has 2 rings (SSSR count). The average molecular weight is 388 g/mol. The monoisotopic (exact) mass is 388 g/mol. The summed E-state index contributed by atoms with van der Waals surface area (Å²) < 4.78 is 27.9. The number of carbonyl (C=O) groups excluding carboxylic acids is 2. The van der Waals surface area contributed by atoms with Gasteiger partial charge in [0.25, 0.3) is 0 Å². The van der Waals surface area contributed by atoms with Crippen molar-refractivity contribution in [3.05, 3.63) is 69.8 Å². The number of Topliss-reactive ketones (excluding diaryl/α,β-unsaturated/α-hetero) is 1. The number of hydrogen-bond donors (Lipinski definition) is 0. The van der Waals surface area contributed by atoms with Crippen molar-refractivity contribution in [2.24, 2.45) is 0 Å². The lowest BCUT2D eigenvalue weighted by Gasteiger charge is -2.15. The predicted molar refractivity (Wildman–Crippen MR) is 105 cm³/mol. The summed E-state index contributed by atoms with van der Waals surface area (Å²) in [5.41, 5.74) is 4.34. The Kier molecular flexibility index (Phi) is 6.21. The van der Waals surface area contributed by atoms with Crippen LogP contribution in [0.2, 0.25) is 0 Å². The molecule has 0 saturated carbocycles. The van der Waals surface area contributed by atoms with Crippen molar-refractivity contribution in [1.29, 1.82) is 0 Å². The van der Waals surface area contributed by atoms with Crippen molar-refractivity contribution in [2.75, 3.05) is 6.26 Å². The zero-order valence-corrected chi connectivity index (χ0v) is 17.0. The zero-order valence-electron chi connectivity index (χ0n) is 16.2. The molecule has 0 N–H and O–H groups in total. The van der Waals surface area contributed by atoms with Crippen LogP contribution in [-0.2, 0) is 20.3 Å². The Hall–Kier alpha value is -2.47. The number of benzene rings is 2. The summed E-state index contributed by atoms with van der Waals surface area (Å²) in [7, 11) is -3.14. The van der Waals surface area contributed by atoms with Crippen LogP contribution >= 0.6 is 0 Å². The fourth-order valence-electron chi connectivity index (χ4n) is 2.77. The largest absolute Gasteiger partial charge is 0.451 e. The van der Waals surface area contributed by atoms with Gasteiger partial charge in [-0.1, -0.05) is 18.2 Å². The molecule has 2 aromatic rings. The number of aryl methyl sites for hydroxylation is 3. The van der Waals surface area contributed by atoms with Crippen LogP contribution in [0, 0.1) is 20.8 Å². The average Bonchev–Trinajstić information content (AvgIpc) is 2.56. The molecule has 0 aliphatic rings. The topological polar surface area (TPSA) is 77.5 Å². The van der Waals surface area contributed by atoms with Gasteiger partial charge in [0.1, 0.15) is 0 Å². The van der Waals surface area contributed by atoms with Crippen molar-refractivity contribution in [3.8, 4) is 0 Å². The van der Waals surface area contributed by atoms with Gasteiger partial charge in [0.15, 0.2) is 15.9 Å². The number of ether oxygens (including phenoxy) is 1. The Morgan fingerprint density at radius 2 is 1.52 bits per heavy atom. The van der Waals surface area contributed by atoms with Crippen LogP contribution < -0.4 is 0 Å². The highest BCUT2D eigenvalue weighted by Crippen LogP contribution is 2.18. The summed E-state index contributed by atoms with van der Waals surface area (Å²) in [5, 5.41) is 0. The SMILES string of the molecule is Cc1cc(C)c(C(=O)[C@H](C)OC(=O)c2ccc(CS(C)(=O)=O)cc2)cc1C. The first-order valence-corrected chi connectivity index (χ1v) is 10.6. The molecule has 144 valence electrons. The summed E-state index contributed by atoms with van der Waals surface area (Å²) in [6.45, 7) is 7.31. The molecule has 27 heavy (non-hydrogen) atoms. The van der Waals surface area contributed by atoms with Gasteiger partial charge < -0.3 is 4.74 Å². The second kappa shape index (κ2) is 8.05. The summed E-state index contributed by atoms with van der Waals surface area (Å²) in [4.78, 5) is 25.0. The quantitative estimate of drug-likeness (QED) is 0.558. The highest BCUT2D eigenvalue weighted by Gasteiger charge is 2.22. The molecule has 0 spiro atoms. The Balaban J connectivity index is 2.11. The normalized spacial score (nSPS) is 12.5. The summed E-state index contributed by atoms with van der Waals surface area (Å²) >= 11 is 0. The van der Waals surface area contributed by atoms with Crippen LogP contribution in [0.3, 0.4) is 0 Å². The fourth-order valence-corrected chi connectivity index (χ4v) is 3.56. The summed E-state index contributed by atoms with van der Waals surface area (Å²) in [5.74, 6) is -0.968. The molecule has 0 aromatic heterocycles. The van der Waals surface area contributed by atoms with Gasteiger partial charge >= 0.3 is 5.97 Å².